The molecule has 1 aromatic carbocycles. The van der Waals surface area contributed by atoms with E-state index in [9.17, 15) is 0 Å². The summed E-state index contributed by atoms with van der Waals surface area (Å²) in [6, 6.07) is 6.11. The van der Waals surface area contributed by atoms with Gasteiger partial charge in [-0.2, -0.15) is 0 Å². The van der Waals surface area contributed by atoms with E-state index in [-0.39, 0.29) is 5.60 Å². The number of hydrogen-bond acceptors (Lipinski definition) is 2. The third-order valence-corrected chi connectivity index (χ3v) is 4.91. The lowest BCUT2D eigenvalue weighted by molar-refractivity contribution is -0.0149. The zero-order valence-corrected chi connectivity index (χ0v) is 15.4. The largest absolute Gasteiger partial charge is 0.486 e. The van der Waals surface area contributed by atoms with Crippen LogP contribution in [0.15, 0.2) is 27.1 Å². The van der Waals surface area contributed by atoms with Crippen molar-refractivity contribution < 1.29 is 4.74 Å². The lowest BCUT2D eigenvalue weighted by atomic mass is 9.77. The van der Waals surface area contributed by atoms with Crippen LogP contribution in [-0.2, 0) is 0 Å². The standard InChI is InChI=1S/C16H23Br2NO/c1-12(2)11-19-9-8-16(6-3-7-16)20-15-5-4-13(17)10-14(15)18/h4-5,10,12,19H,3,6-9,11H2,1-2H3. The molecule has 1 aliphatic carbocycles. The summed E-state index contributed by atoms with van der Waals surface area (Å²) in [5, 5.41) is 3.52. The lowest BCUT2D eigenvalue weighted by Crippen LogP contribution is -2.45. The molecule has 4 heteroatoms. The Bertz CT molecular complexity index is 444. The second-order valence-electron chi connectivity index (χ2n) is 6.06. The Morgan fingerprint density at radius 3 is 2.60 bits per heavy atom. The lowest BCUT2D eigenvalue weighted by Gasteiger charge is -2.42. The molecule has 0 radical (unpaired) electrons. The Kier molecular flexibility index (Phi) is 5.94. The minimum atomic E-state index is 0.0420. The molecule has 0 amide bonds. The van der Waals surface area contributed by atoms with Gasteiger partial charge in [-0.25, -0.2) is 0 Å². The topological polar surface area (TPSA) is 21.3 Å². The smallest absolute Gasteiger partial charge is 0.134 e. The minimum Gasteiger partial charge on any atom is -0.486 e. The van der Waals surface area contributed by atoms with E-state index >= 15 is 0 Å². The van der Waals surface area contributed by atoms with Gasteiger partial charge in [0, 0.05) is 4.47 Å². The third kappa shape index (κ3) is 4.47. The Morgan fingerprint density at radius 1 is 1.30 bits per heavy atom. The first-order valence-corrected chi connectivity index (χ1v) is 8.94. The maximum absolute atomic E-state index is 6.32. The van der Waals surface area contributed by atoms with Crippen LogP contribution in [0.2, 0.25) is 0 Å². The fraction of sp³-hybridized carbons (Fsp3) is 0.625. The van der Waals surface area contributed by atoms with Gasteiger partial charge in [-0.1, -0.05) is 29.8 Å². The summed E-state index contributed by atoms with van der Waals surface area (Å²) in [6.07, 6.45) is 4.69. The van der Waals surface area contributed by atoms with Crippen LogP contribution in [0.5, 0.6) is 5.75 Å². The van der Waals surface area contributed by atoms with Crippen LogP contribution < -0.4 is 10.1 Å². The second-order valence-corrected chi connectivity index (χ2v) is 7.83. The molecule has 2 rings (SSSR count). The van der Waals surface area contributed by atoms with Crippen LogP contribution in [-0.4, -0.2) is 18.7 Å². The summed E-state index contributed by atoms with van der Waals surface area (Å²) in [5.41, 5.74) is 0.0420. The summed E-state index contributed by atoms with van der Waals surface area (Å²) >= 11 is 7.06. The molecule has 0 spiro atoms. The maximum atomic E-state index is 6.32. The average molecular weight is 405 g/mol. The molecular formula is C16H23Br2NO. The van der Waals surface area contributed by atoms with Crippen molar-refractivity contribution in [1.29, 1.82) is 0 Å². The van der Waals surface area contributed by atoms with Gasteiger partial charge in [-0.3, -0.25) is 0 Å². The SMILES string of the molecule is CC(C)CNCCC1(Oc2ccc(Br)cc2Br)CCC1. The summed E-state index contributed by atoms with van der Waals surface area (Å²) in [5.74, 6) is 1.66. The normalized spacial score (nSPS) is 17.1. The third-order valence-electron chi connectivity index (χ3n) is 3.80. The monoisotopic (exact) mass is 403 g/mol. The highest BCUT2D eigenvalue weighted by Gasteiger charge is 2.39. The highest BCUT2D eigenvalue weighted by Crippen LogP contribution is 2.41. The molecule has 1 aliphatic rings. The van der Waals surface area contributed by atoms with Crippen molar-refractivity contribution >= 4 is 31.9 Å². The van der Waals surface area contributed by atoms with Gasteiger partial charge in [0.2, 0.25) is 0 Å². The Balaban J connectivity index is 1.90. The quantitative estimate of drug-likeness (QED) is 0.634. The van der Waals surface area contributed by atoms with Crippen molar-refractivity contribution in [3.63, 3.8) is 0 Å². The molecule has 20 heavy (non-hydrogen) atoms. The minimum absolute atomic E-state index is 0.0420. The zero-order chi connectivity index (χ0) is 14.6. The van der Waals surface area contributed by atoms with Crippen LogP contribution in [0.25, 0.3) is 0 Å². The Morgan fingerprint density at radius 2 is 2.05 bits per heavy atom. The number of benzene rings is 1. The molecule has 0 heterocycles. The molecule has 0 bridgehead atoms. The van der Waals surface area contributed by atoms with E-state index in [1.165, 1.54) is 19.3 Å². The van der Waals surface area contributed by atoms with Crippen molar-refractivity contribution in [2.75, 3.05) is 13.1 Å². The molecule has 1 N–H and O–H groups in total. The predicted molar refractivity (Wildman–Crippen MR) is 91.4 cm³/mol. The van der Waals surface area contributed by atoms with E-state index in [0.717, 1.165) is 34.2 Å². The highest BCUT2D eigenvalue weighted by molar-refractivity contribution is 9.11. The van der Waals surface area contributed by atoms with E-state index in [1.807, 2.05) is 18.2 Å². The van der Waals surface area contributed by atoms with Crippen molar-refractivity contribution in [3.8, 4) is 5.75 Å². The van der Waals surface area contributed by atoms with Crippen LogP contribution in [0.4, 0.5) is 0 Å². The predicted octanol–water partition coefficient (Wildman–Crippen LogP) is 5.15. The van der Waals surface area contributed by atoms with Gasteiger partial charge in [0.25, 0.3) is 0 Å². The van der Waals surface area contributed by atoms with Crippen LogP contribution in [0, 0.1) is 5.92 Å². The molecule has 0 aliphatic heterocycles. The molecule has 1 fully saturated rings. The second kappa shape index (κ2) is 7.28. The number of halogens is 2. The molecule has 0 saturated heterocycles. The molecular weight excluding hydrogens is 382 g/mol. The first kappa shape index (κ1) is 16.3. The molecule has 112 valence electrons. The molecule has 1 saturated carbocycles. The molecule has 1 aromatic rings. The Hall–Kier alpha value is -0.0600. The van der Waals surface area contributed by atoms with Crippen molar-refractivity contribution in [1.82, 2.24) is 5.32 Å². The highest BCUT2D eigenvalue weighted by atomic mass is 79.9. The maximum Gasteiger partial charge on any atom is 0.134 e. The average Bonchev–Trinajstić information content (AvgIpc) is 2.33. The molecule has 0 atom stereocenters. The summed E-state index contributed by atoms with van der Waals surface area (Å²) in [6.45, 7) is 6.59. The van der Waals surface area contributed by atoms with E-state index in [1.54, 1.807) is 0 Å². The van der Waals surface area contributed by atoms with Gasteiger partial charge in [0.15, 0.2) is 0 Å². The van der Waals surface area contributed by atoms with Crippen molar-refractivity contribution in [2.45, 2.75) is 45.1 Å². The molecule has 2 nitrogen and oxygen atoms in total. The number of ether oxygens (including phenoxy) is 1. The molecule has 0 unspecified atom stereocenters. The van der Waals surface area contributed by atoms with Gasteiger partial charge < -0.3 is 10.1 Å². The first-order valence-electron chi connectivity index (χ1n) is 7.35. The zero-order valence-electron chi connectivity index (χ0n) is 12.2. The molecule has 0 aromatic heterocycles. The van der Waals surface area contributed by atoms with E-state index in [2.05, 4.69) is 51.0 Å². The van der Waals surface area contributed by atoms with Crippen LogP contribution in [0.1, 0.15) is 39.5 Å². The van der Waals surface area contributed by atoms with Crippen LogP contribution >= 0.6 is 31.9 Å². The summed E-state index contributed by atoms with van der Waals surface area (Å²) in [4.78, 5) is 0. The van der Waals surface area contributed by atoms with E-state index < -0.39 is 0 Å². The first-order chi connectivity index (χ1) is 9.51. The Labute approximate surface area is 138 Å². The van der Waals surface area contributed by atoms with E-state index in [0.29, 0.717) is 5.92 Å². The summed E-state index contributed by atoms with van der Waals surface area (Å²) < 4.78 is 8.41. The van der Waals surface area contributed by atoms with Crippen molar-refractivity contribution in [3.05, 3.63) is 27.1 Å². The fourth-order valence-corrected chi connectivity index (χ4v) is 3.60. The van der Waals surface area contributed by atoms with Gasteiger partial charge in [-0.15, -0.1) is 0 Å². The fourth-order valence-electron chi connectivity index (χ4n) is 2.47. The van der Waals surface area contributed by atoms with Gasteiger partial charge >= 0.3 is 0 Å². The number of rotatable bonds is 7. The summed E-state index contributed by atoms with van der Waals surface area (Å²) in [7, 11) is 0. The van der Waals surface area contributed by atoms with Crippen LogP contribution in [0.3, 0.4) is 0 Å². The van der Waals surface area contributed by atoms with Gasteiger partial charge in [0.05, 0.1) is 4.47 Å². The van der Waals surface area contributed by atoms with Gasteiger partial charge in [-0.05, 0) is 78.8 Å². The number of hydrogen-bond donors (Lipinski definition) is 1. The van der Waals surface area contributed by atoms with Gasteiger partial charge in [0.1, 0.15) is 11.4 Å². The van der Waals surface area contributed by atoms with E-state index in [4.69, 9.17) is 4.74 Å². The number of nitrogens with one attached hydrogen (secondary N) is 1. The van der Waals surface area contributed by atoms with Crippen molar-refractivity contribution in [2.24, 2.45) is 5.92 Å².